The molecule has 0 aliphatic carbocycles. The molecule has 2 aromatic heterocycles. The molecule has 126 valence electrons. The van der Waals surface area contributed by atoms with Gasteiger partial charge in [0, 0.05) is 30.2 Å². The van der Waals surface area contributed by atoms with Crippen molar-refractivity contribution in [1.82, 2.24) is 14.5 Å². The van der Waals surface area contributed by atoms with E-state index in [9.17, 15) is 8.42 Å². The van der Waals surface area contributed by atoms with Crippen LogP contribution in [0, 0.1) is 6.92 Å². The van der Waals surface area contributed by atoms with E-state index in [1.54, 1.807) is 12.3 Å². The summed E-state index contributed by atoms with van der Waals surface area (Å²) in [5.74, 6) is 0. The van der Waals surface area contributed by atoms with Gasteiger partial charge in [-0.15, -0.1) is 11.3 Å². The lowest BCUT2D eigenvalue weighted by atomic mass is 10.1. The molecule has 0 fully saturated rings. The van der Waals surface area contributed by atoms with Gasteiger partial charge in [0.15, 0.2) is 0 Å². The van der Waals surface area contributed by atoms with Crippen molar-refractivity contribution in [3.8, 4) is 11.3 Å². The van der Waals surface area contributed by atoms with Crippen LogP contribution < -0.4 is 4.72 Å². The first-order chi connectivity index (χ1) is 11.5. The molecule has 1 aromatic carbocycles. The molecule has 0 aliphatic rings. The zero-order valence-corrected chi connectivity index (χ0v) is 15.2. The number of sulfonamides is 1. The second-order valence-electron chi connectivity index (χ2n) is 5.50. The largest absolute Gasteiger partial charge is 0.265 e. The van der Waals surface area contributed by atoms with Crippen LogP contribution in [0.25, 0.3) is 11.3 Å². The van der Waals surface area contributed by atoms with Gasteiger partial charge in [0.25, 0.3) is 0 Å². The number of hydrogen-bond acceptors (Lipinski definition) is 4. The third-order valence-corrected chi connectivity index (χ3v) is 6.54. The fraction of sp³-hybridized carbons (Fsp3) is 0.235. The second kappa shape index (κ2) is 6.88. The van der Waals surface area contributed by atoms with Gasteiger partial charge in [-0.05, 0) is 31.5 Å². The predicted octanol–water partition coefficient (Wildman–Crippen LogP) is 3.42. The van der Waals surface area contributed by atoms with Crippen LogP contribution in [0.15, 0.2) is 52.2 Å². The minimum Gasteiger partial charge on any atom is -0.265 e. The lowest BCUT2D eigenvalue weighted by Crippen LogP contribution is -2.22. The molecule has 3 rings (SSSR count). The Morgan fingerprint density at radius 3 is 2.83 bits per heavy atom. The number of hydrogen-bond donors (Lipinski definition) is 1. The van der Waals surface area contributed by atoms with Crippen molar-refractivity contribution in [1.29, 1.82) is 0 Å². The summed E-state index contributed by atoms with van der Waals surface area (Å²) >= 11 is 1.22. The SMILES string of the molecule is CCn1nccc1-c1csc(S(=O)(=O)NCc2cccc(C)c2)c1. The van der Waals surface area contributed by atoms with Gasteiger partial charge in [0.2, 0.25) is 10.0 Å². The van der Waals surface area contributed by atoms with Crippen LogP contribution in [0.1, 0.15) is 18.1 Å². The molecule has 0 bridgehead atoms. The molecule has 7 heteroatoms. The summed E-state index contributed by atoms with van der Waals surface area (Å²) in [7, 11) is -3.52. The number of nitrogens with one attached hydrogen (secondary N) is 1. The van der Waals surface area contributed by atoms with Gasteiger partial charge in [-0.1, -0.05) is 29.8 Å². The highest BCUT2D eigenvalue weighted by Gasteiger charge is 2.18. The van der Waals surface area contributed by atoms with Crippen molar-refractivity contribution in [2.45, 2.75) is 31.1 Å². The Hall–Kier alpha value is -1.96. The molecule has 2 heterocycles. The quantitative estimate of drug-likeness (QED) is 0.732. The highest BCUT2D eigenvalue weighted by Crippen LogP contribution is 2.28. The topological polar surface area (TPSA) is 64.0 Å². The normalized spacial score (nSPS) is 11.8. The summed E-state index contributed by atoms with van der Waals surface area (Å²) in [5.41, 5.74) is 3.85. The van der Waals surface area contributed by atoms with E-state index >= 15 is 0 Å². The molecule has 0 atom stereocenters. The third kappa shape index (κ3) is 3.58. The summed E-state index contributed by atoms with van der Waals surface area (Å²) in [5, 5.41) is 6.07. The summed E-state index contributed by atoms with van der Waals surface area (Å²) in [6.07, 6.45) is 1.72. The zero-order valence-electron chi connectivity index (χ0n) is 13.6. The highest BCUT2D eigenvalue weighted by molar-refractivity contribution is 7.91. The van der Waals surface area contributed by atoms with Crippen LogP contribution in [-0.2, 0) is 23.1 Å². The zero-order chi connectivity index (χ0) is 17.2. The Labute approximate surface area is 146 Å². The summed E-state index contributed by atoms with van der Waals surface area (Å²) in [4.78, 5) is 0. The average Bonchev–Trinajstić information content (AvgIpc) is 3.21. The minimum absolute atomic E-state index is 0.282. The molecular weight excluding hydrogens is 342 g/mol. The van der Waals surface area contributed by atoms with Gasteiger partial charge in [-0.3, -0.25) is 4.68 Å². The minimum atomic E-state index is -3.52. The van der Waals surface area contributed by atoms with Gasteiger partial charge >= 0.3 is 0 Å². The van der Waals surface area contributed by atoms with Crippen LogP contribution in [0.2, 0.25) is 0 Å². The summed E-state index contributed by atoms with van der Waals surface area (Å²) < 4.78 is 29.8. The average molecular weight is 361 g/mol. The van der Waals surface area contributed by atoms with Crippen molar-refractivity contribution in [3.63, 3.8) is 0 Å². The van der Waals surface area contributed by atoms with Crippen LogP contribution in [0.3, 0.4) is 0 Å². The fourth-order valence-electron chi connectivity index (χ4n) is 2.49. The Balaban J connectivity index is 1.78. The van der Waals surface area contributed by atoms with E-state index in [0.29, 0.717) is 4.21 Å². The first kappa shape index (κ1) is 16.9. The van der Waals surface area contributed by atoms with Crippen LogP contribution in [0.4, 0.5) is 0 Å². The molecule has 0 unspecified atom stereocenters. The summed E-state index contributed by atoms with van der Waals surface area (Å²) in [6, 6.07) is 11.4. The molecule has 0 amide bonds. The van der Waals surface area contributed by atoms with E-state index in [-0.39, 0.29) is 6.54 Å². The summed E-state index contributed by atoms with van der Waals surface area (Å²) in [6.45, 7) is 5.01. The maximum atomic E-state index is 12.5. The van der Waals surface area contributed by atoms with E-state index in [0.717, 1.165) is 28.9 Å². The van der Waals surface area contributed by atoms with Crippen LogP contribution in [-0.4, -0.2) is 18.2 Å². The van der Waals surface area contributed by atoms with E-state index in [2.05, 4.69) is 9.82 Å². The molecule has 0 spiro atoms. The standard InChI is InChI=1S/C17H19N3O2S2/c1-3-20-16(7-8-18-20)15-10-17(23-12-15)24(21,22)19-11-14-6-4-5-13(2)9-14/h4-10,12,19H,3,11H2,1-2H3. The highest BCUT2D eigenvalue weighted by atomic mass is 32.2. The predicted molar refractivity (Wildman–Crippen MR) is 96.4 cm³/mol. The smallest absolute Gasteiger partial charge is 0.250 e. The van der Waals surface area contributed by atoms with E-state index in [1.807, 2.05) is 54.2 Å². The first-order valence-corrected chi connectivity index (χ1v) is 10.0. The lowest BCUT2D eigenvalue weighted by molar-refractivity contribution is 0.583. The van der Waals surface area contributed by atoms with Gasteiger partial charge < -0.3 is 0 Å². The maximum absolute atomic E-state index is 12.5. The molecule has 5 nitrogen and oxygen atoms in total. The van der Waals surface area contributed by atoms with E-state index in [4.69, 9.17) is 0 Å². The number of aryl methyl sites for hydroxylation is 2. The molecule has 0 saturated carbocycles. The Morgan fingerprint density at radius 2 is 2.08 bits per heavy atom. The van der Waals surface area contributed by atoms with Crippen molar-refractivity contribution >= 4 is 21.4 Å². The first-order valence-electron chi connectivity index (χ1n) is 7.65. The van der Waals surface area contributed by atoms with Gasteiger partial charge in [-0.25, -0.2) is 13.1 Å². The molecule has 0 aliphatic heterocycles. The Kier molecular flexibility index (Phi) is 4.84. The number of thiophene rings is 1. The van der Waals surface area contributed by atoms with Crippen molar-refractivity contribution < 1.29 is 8.42 Å². The molecular formula is C17H19N3O2S2. The molecule has 0 radical (unpaired) electrons. The molecule has 3 aromatic rings. The molecule has 24 heavy (non-hydrogen) atoms. The van der Waals surface area contributed by atoms with Crippen LogP contribution in [0.5, 0.6) is 0 Å². The monoisotopic (exact) mass is 361 g/mol. The van der Waals surface area contributed by atoms with E-state index in [1.165, 1.54) is 11.3 Å². The van der Waals surface area contributed by atoms with Crippen molar-refractivity contribution in [2.75, 3.05) is 0 Å². The second-order valence-corrected chi connectivity index (χ2v) is 8.41. The van der Waals surface area contributed by atoms with E-state index < -0.39 is 10.0 Å². The maximum Gasteiger partial charge on any atom is 0.250 e. The molecule has 1 N–H and O–H groups in total. The fourth-order valence-corrected chi connectivity index (χ4v) is 4.73. The van der Waals surface area contributed by atoms with Gasteiger partial charge in [0.1, 0.15) is 4.21 Å². The third-order valence-electron chi connectivity index (χ3n) is 3.70. The lowest BCUT2D eigenvalue weighted by Gasteiger charge is -2.05. The van der Waals surface area contributed by atoms with Crippen molar-refractivity contribution in [2.24, 2.45) is 0 Å². The van der Waals surface area contributed by atoms with Gasteiger partial charge in [0.05, 0.1) is 5.69 Å². The number of aromatic nitrogens is 2. The Morgan fingerprint density at radius 1 is 1.25 bits per heavy atom. The van der Waals surface area contributed by atoms with Crippen LogP contribution >= 0.6 is 11.3 Å². The number of benzene rings is 1. The Bertz CT molecular complexity index is 942. The van der Waals surface area contributed by atoms with Gasteiger partial charge in [-0.2, -0.15) is 5.10 Å². The van der Waals surface area contributed by atoms with Crippen molar-refractivity contribution in [3.05, 3.63) is 59.1 Å². The number of nitrogens with zero attached hydrogens (tertiary/aromatic N) is 2. The molecule has 0 saturated heterocycles. The number of rotatable bonds is 6.